The minimum Gasteiger partial charge on any atom is -0.384 e. The Morgan fingerprint density at radius 1 is 1.11 bits per heavy atom. The zero-order chi connectivity index (χ0) is 13.7. The van der Waals surface area contributed by atoms with Crippen LogP contribution in [0.25, 0.3) is 0 Å². The highest BCUT2D eigenvalue weighted by molar-refractivity contribution is 6.31. The summed E-state index contributed by atoms with van der Waals surface area (Å²) in [4.78, 5) is 0. The van der Waals surface area contributed by atoms with Gasteiger partial charge in [-0.3, -0.25) is 5.41 Å². The van der Waals surface area contributed by atoms with Crippen molar-refractivity contribution in [1.29, 1.82) is 5.41 Å². The molecule has 0 saturated carbocycles. The molecule has 0 saturated heterocycles. The highest BCUT2D eigenvalue weighted by Crippen LogP contribution is 2.16. The fraction of sp³-hybridized carbons (Fsp3) is 0.133. The van der Waals surface area contributed by atoms with Gasteiger partial charge in [0.25, 0.3) is 0 Å². The molecular weight excluding hydrogens is 260 g/mol. The Labute approximate surface area is 117 Å². The zero-order valence-corrected chi connectivity index (χ0v) is 11.2. The fourth-order valence-electron chi connectivity index (χ4n) is 1.72. The Bertz CT molecular complexity index is 584. The molecule has 0 bridgehead atoms. The number of rotatable bonds is 5. The Morgan fingerprint density at radius 3 is 2.63 bits per heavy atom. The van der Waals surface area contributed by atoms with Gasteiger partial charge in [0.1, 0.15) is 5.84 Å². The average Bonchev–Trinajstić information content (AvgIpc) is 2.41. The first-order chi connectivity index (χ1) is 9.16. The summed E-state index contributed by atoms with van der Waals surface area (Å²) in [7, 11) is 0. The number of amidine groups is 1. The molecule has 0 aromatic heterocycles. The number of nitrogen functional groups attached to an aromatic ring is 1. The fourth-order valence-corrected chi connectivity index (χ4v) is 1.91. The molecule has 0 unspecified atom stereocenters. The number of benzene rings is 2. The summed E-state index contributed by atoms with van der Waals surface area (Å²) in [5, 5.41) is 8.10. The maximum absolute atomic E-state index is 7.39. The van der Waals surface area contributed by atoms with Crippen LogP contribution in [0.1, 0.15) is 16.7 Å². The van der Waals surface area contributed by atoms with Crippen LogP contribution >= 0.6 is 11.6 Å². The van der Waals surface area contributed by atoms with Crippen molar-refractivity contribution in [2.24, 2.45) is 5.73 Å². The molecule has 2 aromatic carbocycles. The zero-order valence-electron chi connectivity index (χ0n) is 10.4. The van der Waals surface area contributed by atoms with Gasteiger partial charge >= 0.3 is 0 Å². The lowest BCUT2D eigenvalue weighted by Gasteiger charge is -2.07. The van der Waals surface area contributed by atoms with Crippen molar-refractivity contribution < 1.29 is 4.74 Å². The van der Waals surface area contributed by atoms with Gasteiger partial charge in [0.2, 0.25) is 0 Å². The highest BCUT2D eigenvalue weighted by Gasteiger charge is 2.01. The van der Waals surface area contributed by atoms with Crippen molar-refractivity contribution in [3.05, 3.63) is 70.2 Å². The first kappa shape index (κ1) is 13.6. The van der Waals surface area contributed by atoms with E-state index >= 15 is 0 Å². The molecule has 2 aromatic rings. The van der Waals surface area contributed by atoms with E-state index in [0.717, 1.165) is 11.1 Å². The maximum Gasteiger partial charge on any atom is 0.122 e. The lowest BCUT2D eigenvalue weighted by molar-refractivity contribution is 0.107. The molecule has 0 aliphatic rings. The lowest BCUT2D eigenvalue weighted by Crippen LogP contribution is -2.11. The summed E-state index contributed by atoms with van der Waals surface area (Å²) in [6.45, 7) is 0.927. The summed E-state index contributed by atoms with van der Waals surface area (Å²) < 4.78 is 5.63. The topological polar surface area (TPSA) is 59.1 Å². The molecule has 3 N–H and O–H groups in total. The van der Waals surface area contributed by atoms with Crippen molar-refractivity contribution in [1.82, 2.24) is 0 Å². The lowest BCUT2D eigenvalue weighted by atomic mass is 10.1. The number of hydrogen-bond donors (Lipinski definition) is 2. The number of nitrogens with two attached hydrogens (primary N) is 1. The van der Waals surface area contributed by atoms with Crippen LogP contribution in [0.15, 0.2) is 48.5 Å². The minimum absolute atomic E-state index is 0.0629. The summed E-state index contributed by atoms with van der Waals surface area (Å²) >= 11 is 6.05. The van der Waals surface area contributed by atoms with Crippen molar-refractivity contribution in [2.45, 2.75) is 13.2 Å². The molecule has 2 rings (SSSR count). The maximum atomic E-state index is 7.39. The van der Waals surface area contributed by atoms with Crippen molar-refractivity contribution in [2.75, 3.05) is 0 Å². The molecule has 0 spiro atoms. The molecule has 0 fully saturated rings. The molecule has 0 heterocycles. The minimum atomic E-state index is 0.0629. The number of nitrogens with one attached hydrogen (secondary N) is 1. The van der Waals surface area contributed by atoms with Gasteiger partial charge < -0.3 is 10.5 Å². The van der Waals surface area contributed by atoms with Crippen LogP contribution < -0.4 is 5.73 Å². The van der Waals surface area contributed by atoms with E-state index in [-0.39, 0.29) is 5.84 Å². The molecule has 0 atom stereocenters. The Hall–Kier alpha value is -1.84. The number of halogens is 1. The van der Waals surface area contributed by atoms with Gasteiger partial charge in [-0.15, -0.1) is 0 Å². The van der Waals surface area contributed by atoms with Crippen molar-refractivity contribution in [3.63, 3.8) is 0 Å². The van der Waals surface area contributed by atoms with E-state index in [9.17, 15) is 0 Å². The first-order valence-electron chi connectivity index (χ1n) is 5.91. The normalized spacial score (nSPS) is 10.4. The quantitative estimate of drug-likeness (QED) is 0.649. The highest BCUT2D eigenvalue weighted by atomic mass is 35.5. The smallest absolute Gasteiger partial charge is 0.122 e. The van der Waals surface area contributed by atoms with Crippen LogP contribution in [0.4, 0.5) is 0 Å². The Balaban J connectivity index is 1.94. The third-order valence-electron chi connectivity index (χ3n) is 2.72. The van der Waals surface area contributed by atoms with E-state index in [1.807, 2.05) is 42.5 Å². The molecule has 19 heavy (non-hydrogen) atoms. The predicted octanol–water partition coefficient (Wildman–Crippen LogP) is 3.34. The summed E-state index contributed by atoms with van der Waals surface area (Å²) in [5.41, 5.74) is 8.11. The first-order valence-corrected chi connectivity index (χ1v) is 6.29. The molecule has 0 amide bonds. The second-order valence-electron chi connectivity index (χ2n) is 4.20. The Kier molecular flexibility index (Phi) is 4.55. The van der Waals surface area contributed by atoms with Crippen LogP contribution in [0, 0.1) is 5.41 Å². The van der Waals surface area contributed by atoms with Crippen LogP contribution in [0.3, 0.4) is 0 Å². The van der Waals surface area contributed by atoms with Gasteiger partial charge in [-0.2, -0.15) is 0 Å². The van der Waals surface area contributed by atoms with E-state index in [0.29, 0.717) is 23.8 Å². The molecular formula is C15H15ClN2O. The molecule has 0 aliphatic carbocycles. The number of ether oxygens (including phenoxy) is 1. The van der Waals surface area contributed by atoms with E-state index < -0.39 is 0 Å². The van der Waals surface area contributed by atoms with Crippen LogP contribution in [-0.2, 0) is 18.0 Å². The van der Waals surface area contributed by atoms with Gasteiger partial charge in [0, 0.05) is 10.6 Å². The molecule has 0 radical (unpaired) electrons. The summed E-state index contributed by atoms with van der Waals surface area (Å²) in [5.74, 6) is 0.0629. The van der Waals surface area contributed by atoms with Gasteiger partial charge in [0.05, 0.1) is 13.2 Å². The second-order valence-corrected chi connectivity index (χ2v) is 4.61. The van der Waals surface area contributed by atoms with Crippen LogP contribution in [0.5, 0.6) is 0 Å². The van der Waals surface area contributed by atoms with Gasteiger partial charge in [-0.25, -0.2) is 0 Å². The predicted molar refractivity (Wildman–Crippen MR) is 77.4 cm³/mol. The molecule has 0 aliphatic heterocycles. The molecule has 4 heteroatoms. The molecule has 3 nitrogen and oxygen atoms in total. The van der Waals surface area contributed by atoms with Gasteiger partial charge in [-0.1, -0.05) is 48.0 Å². The standard InChI is InChI=1S/C15H15ClN2O/c16-14-7-2-1-5-13(14)10-19-9-11-4-3-6-12(8-11)15(17)18/h1-8H,9-10H2,(H3,17,18). The van der Waals surface area contributed by atoms with Crippen molar-refractivity contribution in [3.8, 4) is 0 Å². The summed E-state index contributed by atoms with van der Waals surface area (Å²) in [6, 6.07) is 15.1. The molecule has 98 valence electrons. The number of hydrogen-bond acceptors (Lipinski definition) is 2. The average molecular weight is 275 g/mol. The largest absolute Gasteiger partial charge is 0.384 e. The van der Waals surface area contributed by atoms with Crippen LogP contribution in [0.2, 0.25) is 5.02 Å². The summed E-state index contributed by atoms with van der Waals surface area (Å²) in [6.07, 6.45) is 0. The monoisotopic (exact) mass is 274 g/mol. The van der Waals surface area contributed by atoms with Gasteiger partial charge in [-0.05, 0) is 23.3 Å². The Morgan fingerprint density at radius 2 is 1.89 bits per heavy atom. The SMILES string of the molecule is N=C(N)c1cccc(COCc2ccccc2Cl)c1. The van der Waals surface area contributed by atoms with E-state index in [1.165, 1.54) is 0 Å². The van der Waals surface area contributed by atoms with E-state index in [2.05, 4.69) is 0 Å². The van der Waals surface area contributed by atoms with Gasteiger partial charge in [0.15, 0.2) is 0 Å². The second kappa shape index (κ2) is 6.36. The van der Waals surface area contributed by atoms with E-state index in [4.69, 9.17) is 27.5 Å². The van der Waals surface area contributed by atoms with Crippen molar-refractivity contribution >= 4 is 17.4 Å². The third kappa shape index (κ3) is 3.81. The third-order valence-corrected chi connectivity index (χ3v) is 3.09. The van der Waals surface area contributed by atoms with Crippen LogP contribution in [-0.4, -0.2) is 5.84 Å². The van der Waals surface area contributed by atoms with E-state index in [1.54, 1.807) is 6.07 Å².